The predicted octanol–water partition coefficient (Wildman–Crippen LogP) is -5.56. The Morgan fingerprint density at radius 3 is 1.52 bits per heavy atom. The molecule has 1 N–H and O–H groups in total. The number of nitrogens with one attached hydrogen (secondary N) is 1. The number of hydrogen-bond acceptors (Lipinski definition) is 9. The van der Waals surface area contributed by atoms with Crippen molar-refractivity contribution < 1.29 is 55.8 Å². The van der Waals surface area contributed by atoms with Crippen LogP contribution in [0.1, 0.15) is 18.6 Å². The first-order chi connectivity index (χ1) is 11.0. The van der Waals surface area contributed by atoms with Crippen LogP contribution in [0.4, 0.5) is 0 Å². The molecule has 2 aromatic heterocycles. The molecule has 0 saturated carbocycles. The van der Waals surface area contributed by atoms with Gasteiger partial charge >= 0.3 is 17.1 Å². The average Bonchev–Trinajstić information content (AvgIpc) is 2.97. The first-order valence-electron chi connectivity index (χ1n) is 6.43. The molecule has 0 atom stereocenters. The molecule has 0 aliphatic rings. The van der Waals surface area contributed by atoms with Crippen molar-refractivity contribution in [2.75, 3.05) is 0 Å². The maximum atomic E-state index is 8.89. The summed E-state index contributed by atoms with van der Waals surface area (Å²) < 4.78 is 38.0. The summed E-state index contributed by atoms with van der Waals surface area (Å²) in [5.74, 6) is 0.980. The molecule has 145 valence electrons. The molecule has 0 amide bonds. The van der Waals surface area contributed by atoms with Gasteiger partial charge in [-0.05, 0) is 6.92 Å². The molecule has 0 aliphatic carbocycles. The molecule has 2 aromatic rings. The van der Waals surface area contributed by atoms with Gasteiger partial charge in [-0.1, -0.05) is 0 Å². The average molecular weight is 427 g/mol. The number of carbonyl (C=O) groups excluding carboxylic acids is 1. The molecule has 2 rings (SSSR count). The van der Waals surface area contributed by atoms with E-state index in [1.165, 1.54) is 0 Å². The van der Waals surface area contributed by atoms with Gasteiger partial charge in [-0.3, -0.25) is 0 Å². The summed E-state index contributed by atoms with van der Waals surface area (Å²) in [6.07, 6.45) is 7.49. The van der Waals surface area contributed by atoms with Crippen molar-refractivity contribution in [3.05, 3.63) is 36.4 Å². The Hall–Kier alpha value is -1.50. The number of imidazole rings is 2. The molecule has 0 aromatic carbocycles. The van der Waals surface area contributed by atoms with Crippen molar-refractivity contribution in [1.29, 1.82) is 0 Å². The van der Waals surface area contributed by atoms with Crippen LogP contribution in [0.15, 0.2) is 24.8 Å². The van der Waals surface area contributed by atoms with Crippen LogP contribution in [-0.2, 0) is 49.0 Å². The Balaban J connectivity index is 0. The zero-order valence-electron chi connectivity index (χ0n) is 13.6. The molecule has 0 fully saturated rings. The molecule has 25 heavy (non-hydrogen) atoms. The number of aliphatic carboxylic acids is 1. The van der Waals surface area contributed by atoms with E-state index in [0.717, 1.165) is 31.7 Å². The van der Waals surface area contributed by atoms with E-state index in [-0.39, 0.29) is 17.1 Å². The monoisotopic (exact) mass is 426 g/mol. The SMILES string of the molecule is CC(=O)[O-].Cn1ccnc1CNCc1nccn1C.[Cu+2].[O-][Cl+3]([O-])([O-])[O-]. The van der Waals surface area contributed by atoms with Gasteiger partial charge in [-0.2, -0.15) is 0 Å². The van der Waals surface area contributed by atoms with Gasteiger partial charge in [-0.25, -0.2) is 28.6 Å². The summed E-state index contributed by atoms with van der Waals surface area (Å²) in [4.78, 5) is 17.3. The van der Waals surface area contributed by atoms with E-state index in [1.807, 2.05) is 35.6 Å². The minimum absolute atomic E-state index is 0. The van der Waals surface area contributed by atoms with Crippen molar-refractivity contribution in [2.24, 2.45) is 14.1 Å². The number of aryl methyl sites for hydroxylation is 2. The molecule has 0 spiro atoms. The predicted molar refractivity (Wildman–Crippen MR) is 67.6 cm³/mol. The van der Waals surface area contributed by atoms with E-state index in [4.69, 9.17) is 28.5 Å². The number of carboxylic acids is 1. The Kier molecular flexibility index (Phi) is 13.2. The number of carbonyl (C=O) groups is 1. The van der Waals surface area contributed by atoms with Gasteiger partial charge in [-0.15, -0.1) is 10.2 Å². The minimum Gasteiger partial charge on any atom is -0.550 e. The van der Waals surface area contributed by atoms with Crippen LogP contribution in [0.25, 0.3) is 0 Å². The van der Waals surface area contributed by atoms with Gasteiger partial charge in [0.05, 0.1) is 13.1 Å². The topological polar surface area (TPSA) is 180 Å². The molecule has 0 saturated heterocycles. The summed E-state index contributed by atoms with van der Waals surface area (Å²) in [6, 6.07) is 0. The van der Waals surface area contributed by atoms with Crippen LogP contribution in [0, 0.1) is 10.2 Å². The van der Waals surface area contributed by atoms with E-state index in [9.17, 15) is 0 Å². The van der Waals surface area contributed by atoms with Crippen molar-refractivity contribution in [2.45, 2.75) is 20.0 Å². The van der Waals surface area contributed by atoms with Crippen LogP contribution >= 0.6 is 0 Å². The largest absolute Gasteiger partial charge is 2.00 e. The second-order valence-electron chi connectivity index (χ2n) is 4.38. The van der Waals surface area contributed by atoms with Crippen LogP contribution < -0.4 is 29.1 Å². The normalized spacial score (nSPS) is 9.88. The molecule has 0 unspecified atom stereocenters. The molecule has 13 heteroatoms. The third-order valence-electron chi connectivity index (χ3n) is 2.41. The Bertz CT molecular complexity index is 565. The number of carboxylic acid groups (broad SMARTS) is 1. The molecule has 2 heterocycles. The summed E-state index contributed by atoms with van der Waals surface area (Å²) in [6.45, 7) is 2.49. The third-order valence-corrected chi connectivity index (χ3v) is 2.41. The summed E-state index contributed by atoms with van der Waals surface area (Å²) in [5, 5.41) is 12.2. The number of rotatable bonds is 4. The van der Waals surface area contributed by atoms with Crippen molar-refractivity contribution in [1.82, 2.24) is 24.4 Å². The Morgan fingerprint density at radius 1 is 1.04 bits per heavy atom. The van der Waals surface area contributed by atoms with Crippen LogP contribution in [-0.4, -0.2) is 25.1 Å². The van der Waals surface area contributed by atoms with Crippen LogP contribution in [0.3, 0.4) is 0 Å². The molecule has 11 nitrogen and oxygen atoms in total. The Labute approximate surface area is 157 Å². The molecular weight excluding hydrogens is 409 g/mol. The van der Waals surface area contributed by atoms with Crippen LogP contribution in [0.2, 0.25) is 0 Å². The van der Waals surface area contributed by atoms with E-state index in [1.54, 1.807) is 12.4 Å². The number of hydrogen-bond donors (Lipinski definition) is 1. The van der Waals surface area contributed by atoms with Crippen LogP contribution in [0.5, 0.6) is 0 Å². The van der Waals surface area contributed by atoms with Gasteiger partial charge in [0, 0.05) is 44.9 Å². The summed E-state index contributed by atoms with van der Waals surface area (Å²) >= 11 is 0. The fraction of sp³-hybridized carbons (Fsp3) is 0.417. The van der Waals surface area contributed by atoms with Crippen molar-refractivity contribution >= 4 is 5.97 Å². The number of halogens is 1. The number of aromatic nitrogens is 4. The zero-order valence-corrected chi connectivity index (χ0v) is 15.3. The molecule has 0 aliphatic heterocycles. The second kappa shape index (κ2) is 12.8. The standard InChI is InChI=1S/C10H15N5.C2H4O2.ClHO4.Cu/c1-14-5-3-12-9(14)7-11-8-10-13-4-6-15(10)2;1-2(3)4;2-1(3,4)5;/h3-6,11H,7-8H2,1-2H3;1H3,(H,3,4);(H,2,3,4,5);/q;;;+2/p-2. The van der Waals surface area contributed by atoms with Crippen molar-refractivity contribution in [3.8, 4) is 0 Å². The Morgan fingerprint density at radius 2 is 1.32 bits per heavy atom. The quantitative estimate of drug-likeness (QED) is 0.466. The van der Waals surface area contributed by atoms with Crippen molar-refractivity contribution in [3.63, 3.8) is 0 Å². The molecule has 1 radical (unpaired) electrons. The summed E-state index contributed by atoms with van der Waals surface area (Å²) in [7, 11) is -0.963. The zero-order chi connectivity index (χ0) is 18.8. The first kappa shape index (κ1) is 25.7. The summed E-state index contributed by atoms with van der Waals surface area (Å²) in [5.41, 5.74) is 0. The van der Waals surface area contributed by atoms with Gasteiger partial charge in [0.2, 0.25) is 0 Å². The minimum atomic E-state index is -4.94. The third kappa shape index (κ3) is 15.8. The van der Waals surface area contributed by atoms with E-state index in [0.29, 0.717) is 0 Å². The van der Waals surface area contributed by atoms with Gasteiger partial charge in [0.15, 0.2) is 0 Å². The van der Waals surface area contributed by atoms with E-state index >= 15 is 0 Å². The maximum absolute atomic E-state index is 8.89. The van der Waals surface area contributed by atoms with Gasteiger partial charge in [0.1, 0.15) is 11.6 Å². The van der Waals surface area contributed by atoms with Gasteiger partial charge < -0.3 is 24.4 Å². The molecule has 0 bridgehead atoms. The maximum Gasteiger partial charge on any atom is 2.00 e. The first-order valence-corrected chi connectivity index (χ1v) is 7.66. The smallest absolute Gasteiger partial charge is 0.550 e. The second-order valence-corrected chi connectivity index (χ2v) is 5.14. The fourth-order valence-electron chi connectivity index (χ4n) is 1.42. The molecular formula is C12H18ClCuN5O6. The van der Waals surface area contributed by atoms with E-state index < -0.39 is 16.2 Å². The number of nitrogens with zero attached hydrogens (tertiary/aromatic N) is 4. The van der Waals surface area contributed by atoms with E-state index in [2.05, 4.69) is 15.3 Å². The fourth-order valence-corrected chi connectivity index (χ4v) is 1.42. The van der Waals surface area contributed by atoms with Gasteiger partial charge in [0.25, 0.3) is 0 Å².